The Morgan fingerprint density at radius 3 is 2.82 bits per heavy atom. The molecule has 5 heterocycles. The number of hydrogen-bond acceptors (Lipinski definition) is 5. The summed E-state index contributed by atoms with van der Waals surface area (Å²) in [6.07, 6.45) is 1.31. The van der Waals surface area contributed by atoms with E-state index in [1.54, 1.807) is 29.5 Å². The van der Waals surface area contributed by atoms with Crippen LogP contribution in [0.1, 0.15) is 24.9 Å². The molecule has 6 rings (SSSR count). The number of guanidine groups is 1. The third kappa shape index (κ3) is 4.15. The first-order valence-electron chi connectivity index (χ1n) is 12.9. The zero-order valence-corrected chi connectivity index (χ0v) is 21.7. The Hall–Kier alpha value is -3.09. The van der Waals surface area contributed by atoms with Crippen LogP contribution in [0.3, 0.4) is 0 Å². The summed E-state index contributed by atoms with van der Waals surface area (Å²) in [5.74, 6) is 0.469. The standard InChI is InChI=1S/C26H32F3N7O2/c1-15-30-23-19(28)10-16(11-22(23)35(15)9-6-27)18-4-8-36-24(18)26(2,37-3)32-25(33-36)31-21-5-7-34(12-20(21)29)17-13-38-14-17/h4,8,10-11,17,20-21H,5-7,9,12-14H2,1-3H3,(H2,31,32,33)/t20-,21+,26?/m1/s1. The molecule has 0 amide bonds. The van der Waals surface area contributed by atoms with Crippen molar-refractivity contribution >= 4 is 17.0 Å². The predicted octanol–water partition coefficient (Wildman–Crippen LogP) is 3.05. The highest BCUT2D eigenvalue weighted by atomic mass is 19.1. The molecule has 204 valence electrons. The number of imidazole rings is 1. The van der Waals surface area contributed by atoms with Gasteiger partial charge in [-0.25, -0.2) is 23.1 Å². The minimum atomic E-state index is -1.09. The van der Waals surface area contributed by atoms with Crippen molar-refractivity contribution in [3.8, 4) is 11.1 Å². The van der Waals surface area contributed by atoms with Gasteiger partial charge in [0, 0.05) is 32.0 Å². The Morgan fingerprint density at radius 1 is 1.32 bits per heavy atom. The lowest BCUT2D eigenvalue weighted by atomic mass is 9.99. The zero-order chi connectivity index (χ0) is 26.6. The van der Waals surface area contributed by atoms with Crippen molar-refractivity contribution in [1.29, 1.82) is 0 Å². The van der Waals surface area contributed by atoms with Gasteiger partial charge in [-0.1, -0.05) is 0 Å². The molecule has 3 atom stereocenters. The van der Waals surface area contributed by atoms with E-state index in [9.17, 15) is 4.39 Å². The first-order chi connectivity index (χ1) is 18.3. The Balaban J connectivity index is 1.32. The summed E-state index contributed by atoms with van der Waals surface area (Å²) in [4.78, 5) is 11.1. The van der Waals surface area contributed by atoms with Crippen molar-refractivity contribution < 1.29 is 22.6 Å². The van der Waals surface area contributed by atoms with Crippen molar-refractivity contribution in [3.05, 3.63) is 41.7 Å². The fraction of sp³-hybridized carbons (Fsp3) is 0.538. The van der Waals surface area contributed by atoms with E-state index in [1.165, 1.54) is 6.07 Å². The van der Waals surface area contributed by atoms with Gasteiger partial charge in [-0.2, -0.15) is 0 Å². The van der Waals surface area contributed by atoms with Gasteiger partial charge in [0.1, 0.15) is 24.2 Å². The molecular formula is C26H32F3N7O2. The number of aliphatic imine (C=N–C) groups is 1. The molecule has 0 saturated carbocycles. The van der Waals surface area contributed by atoms with Crippen LogP contribution in [-0.2, 0) is 21.7 Å². The molecule has 1 unspecified atom stereocenters. The quantitative estimate of drug-likeness (QED) is 0.509. The molecule has 1 aromatic carbocycles. The summed E-state index contributed by atoms with van der Waals surface area (Å²) in [7, 11) is 1.57. The molecule has 0 bridgehead atoms. The molecule has 3 aromatic rings. The van der Waals surface area contributed by atoms with Crippen LogP contribution in [0, 0.1) is 12.7 Å². The summed E-state index contributed by atoms with van der Waals surface area (Å²) < 4.78 is 58.0. The lowest BCUT2D eigenvalue weighted by Crippen LogP contribution is -2.58. The van der Waals surface area contributed by atoms with Gasteiger partial charge in [-0.3, -0.25) is 15.0 Å². The summed E-state index contributed by atoms with van der Waals surface area (Å²) in [6, 6.07) is 4.91. The summed E-state index contributed by atoms with van der Waals surface area (Å²) in [5, 5.41) is 3.28. The second kappa shape index (κ2) is 9.58. The lowest BCUT2D eigenvalue weighted by molar-refractivity contribution is -0.0802. The van der Waals surface area contributed by atoms with Crippen LogP contribution in [-0.4, -0.2) is 83.4 Å². The zero-order valence-electron chi connectivity index (χ0n) is 21.7. The maximum absolute atomic E-state index is 15.1. The average molecular weight is 532 g/mol. The van der Waals surface area contributed by atoms with Crippen molar-refractivity contribution in [2.45, 2.75) is 50.8 Å². The lowest BCUT2D eigenvalue weighted by Gasteiger charge is -2.42. The average Bonchev–Trinajstić information content (AvgIpc) is 3.42. The molecule has 0 spiro atoms. The molecule has 2 N–H and O–H groups in total. The van der Waals surface area contributed by atoms with Crippen LogP contribution in [0.25, 0.3) is 22.2 Å². The minimum Gasteiger partial charge on any atom is -0.378 e. The molecule has 2 aromatic heterocycles. The van der Waals surface area contributed by atoms with E-state index in [1.807, 2.05) is 19.1 Å². The van der Waals surface area contributed by atoms with Crippen molar-refractivity contribution in [2.75, 3.05) is 45.5 Å². The van der Waals surface area contributed by atoms with Crippen LogP contribution in [0.4, 0.5) is 13.2 Å². The number of methoxy groups -OCH3 is 1. The molecule has 0 radical (unpaired) electrons. The number of aromatic nitrogens is 3. The van der Waals surface area contributed by atoms with Gasteiger partial charge in [0.15, 0.2) is 11.5 Å². The van der Waals surface area contributed by atoms with Gasteiger partial charge in [-0.05, 0) is 44.0 Å². The number of fused-ring (bicyclic) bond motifs is 2. The number of nitrogens with zero attached hydrogens (tertiary/aromatic N) is 5. The molecule has 2 fully saturated rings. The summed E-state index contributed by atoms with van der Waals surface area (Å²) in [5.41, 5.74) is 4.92. The number of alkyl halides is 2. The van der Waals surface area contributed by atoms with Crippen LogP contribution in [0.5, 0.6) is 0 Å². The van der Waals surface area contributed by atoms with E-state index in [-0.39, 0.29) is 12.1 Å². The van der Waals surface area contributed by atoms with E-state index in [2.05, 4.69) is 25.6 Å². The van der Waals surface area contributed by atoms with E-state index in [0.717, 1.165) is 12.1 Å². The first kappa shape index (κ1) is 25.2. The third-order valence-electron chi connectivity index (χ3n) is 7.92. The summed E-state index contributed by atoms with van der Waals surface area (Å²) >= 11 is 0. The Labute approximate surface area is 218 Å². The van der Waals surface area contributed by atoms with Crippen molar-refractivity contribution in [1.82, 2.24) is 24.4 Å². The van der Waals surface area contributed by atoms with E-state index in [4.69, 9.17) is 9.47 Å². The smallest absolute Gasteiger partial charge is 0.213 e. The molecule has 3 aliphatic rings. The fourth-order valence-corrected chi connectivity index (χ4v) is 5.69. The molecular weight excluding hydrogens is 499 g/mol. The van der Waals surface area contributed by atoms with Crippen LogP contribution >= 0.6 is 0 Å². The number of rotatable bonds is 6. The SMILES string of the molecule is COC1(C)NC(=N[C@H]2CCN(C3COC3)C[C@H]2F)Nn2ccc(-c3cc(F)c4nc(C)n(CCF)c4c3)c21. The maximum atomic E-state index is 15.1. The van der Waals surface area contributed by atoms with Gasteiger partial charge in [0.2, 0.25) is 5.96 Å². The predicted molar refractivity (Wildman–Crippen MR) is 138 cm³/mol. The molecule has 0 aliphatic carbocycles. The topological polar surface area (TPSA) is 80.9 Å². The highest BCUT2D eigenvalue weighted by molar-refractivity contribution is 5.91. The number of benzene rings is 1. The highest BCUT2D eigenvalue weighted by Gasteiger charge is 2.40. The Bertz CT molecular complexity index is 1380. The molecule has 9 nitrogen and oxygen atoms in total. The molecule has 3 aliphatic heterocycles. The third-order valence-corrected chi connectivity index (χ3v) is 7.92. The molecule has 2 saturated heterocycles. The Morgan fingerprint density at radius 2 is 2.13 bits per heavy atom. The normalized spacial score (nSPS) is 27.3. The monoisotopic (exact) mass is 531 g/mol. The second-order valence-corrected chi connectivity index (χ2v) is 10.3. The number of ether oxygens (including phenoxy) is 2. The number of likely N-dealkylation sites (tertiary alicyclic amines) is 1. The van der Waals surface area contributed by atoms with Gasteiger partial charge >= 0.3 is 0 Å². The minimum absolute atomic E-state index is 0.0980. The van der Waals surface area contributed by atoms with Crippen molar-refractivity contribution in [2.24, 2.45) is 4.99 Å². The molecule has 38 heavy (non-hydrogen) atoms. The molecule has 12 heteroatoms. The van der Waals surface area contributed by atoms with Crippen molar-refractivity contribution in [3.63, 3.8) is 0 Å². The first-order valence-corrected chi connectivity index (χ1v) is 12.9. The van der Waals surface area contributed by atoms with Crippen LogP contribution in [0.2, 0.25) is 0 Å². The number of nitrogens with one attached hydrogen (secondary N) is 2. The highest BCUT2D eigenvalue weighted by Crippen LogP contribution is 2.37. The van der Waals surface area contributed by atoms with E-state index < -0.39 is 30.4 Å². The van der Waals surface area contributed by atoms with E-state index >= 15 is 8.78 Å². The van der Waals surface area contributed by atoms with Crippen LogP contribution < -0.4 is 10.7 Å². The maximum Gasteiger partial charge on any atom is 0.213 e. The largest absolute Gasteiger partial charge is 0.378 e. The number of piperidine rings is 1. The number of hydrogen-bond donors (Lipinski definition) is 2. The van der Waals surface area contributed by atoms with E-state index in [0.29, 0.717) is 60.8 Å². The van der Waals surface area contributed by atoms with Crippen LogP contribution in [0.15, 0.2) is 29.4 Å². The summed E-state index contributed by atoms with van der Waals surface area (Å²) in [6.45, 7) is 5.52. The van der Waals surface area contributed by atoms with Gasteiger partial charge < -0.3 is 19.4 Å². The van der Waals surface area contributed by atoms with Gasteiger partial charge in [0.25, 0.3) is 0 Å². The fourth-order valence-electron chi connectivity index (χ4n) is 5.69. The van der Waals surface area contributed by atoms with Gasteiger partial charge in [0.05, 0.1) is 43.1 Å². The van der Waals surface area contributed by atoms with Gasteiger partial charge in [-0.15, -0.1) is 0 Å². The number of halogens is 3. The number of aryl methyl sites for hydroxylation is 2. The second-order valence-electron chi connectivity index (χ2n) is 10.3. The Kier molecular flexibility index (Phi) is 6.36.